The van der Waals surface area contributed by atoms with Gasteiger partial charge in [0.1, 0.15) is 26.2 Å². The second-order valence-electron chi connectivity index (χ2n) is 3.41. The van der Waals surface area contributed by atoms with Gasteiger partial charge in [-0.25, -0.2) is 0 Å². The van der Waals surface area contributed by atoms with Crippen LogP contribution in [0.4, 0.5) is 0 Å². The number of rotatable bonds is 3. The Balaban J connectivity index is 2.03. The molecule has 8 heteroatoms. The van der Waals surface area contributed by atoms with Crippen molar-refractivity contribution in [1.82, 2.24) is 0 Å². The van der Waals surface area contributed by atoms with E-state index in [0.29, 0.717) is 6.61 Å². The van der Waals surface area contributed by atoms with Crippen molar-refractivity contribution in [2.45, 2.75) is 30.3 Å². The highest BCUT2D eigenvalue weighted by atomic mass is 31.1. The van der Waals surface area contributed by atoms with Crippen LogP contribution in [0, 0.1) is 0 Å². The molecule has 15 heavy (non-hydrogen) atoms. The maximum Gasteiger partial charge on any atom is 0.569 e. The van der Waals surface area contributed by atoms with Crippen LogP contribution in [0.25, 0.3) is 0 Å². The van der Waals surface area contributed by atoms with Crippen LogP contribution >= 0.6 is 8.03 Å². The van der Waals surface area contributed by atoms with E-state index in [-0.39, 0.29) is 6.10 Å². The Morgan fingerprint density at radius 3 is 2.67 bits per heavy atom. The van der Waals surface area contributed by atoms with Crippen LogP contribution in [0.1, 0.15) is 0 Å². The molecule has 2 fully saturated rings. The number of methoxy groups -OCH3 is 1. The molecule has 0 aromatic carbocycles. The van der Waals surface area contributed by atoms with Gasteiger partial charge in [0.05, 0.1) is 6.61 Å². The van der Waals surface area contributed by atoms with E-state index in [2.05, 4.69) is 0 Å². The van der Waals surface area contributed by atoms with Crippen LogP contribution in [0.5, 0.6) is 0 Å². The van der Waals surface area contributed by atoms with Gasteiger partial charge in [-0.05, 0) is 4.57 Å². The molecule has 1 N–H and O–H groups in total. The van der Waals surface area contributed by atoms with Gasteiger partial charge in [-0.15, -0.1) is 0 Å². The van der Waals surface area contributed by atoms with Gasteiger partial charge in [0.2, 0.25) is 0 Å². The van der Waals surface area contributed by atoms with Gasteiger partial charge in [-0.1, -0.05) is 0 Å². The van der Waals surface area contributed by atoms with Crippen molar-refractivity contribution in [1.29, 1.82) is 0 Å². The largest absolute Gasteiger partial charge is 0.569 e. The zero-order valence-electron chi connectivity index (χ0n) is 8.11. The zero-order chi connectivity index (χ0) is 11.0. The molecule has 0 bridgehead atoms. The van der Waals surface area contributed by atoms with Crippen LogP contribution in [-0.4, -0.2) is 56.8 Å². The van der Waals surface area contributed by atoms with Crippen LogP contribution in [0.15, 0.2) is 0 Å². The van der Waals surface area contributed by atoms with E-state index >= 15 is 0 Å². The monoisotopic (exact) mass is 233 g/mol. The fraction of sp³-hybridized carbons (Fsp3) is 1.00. The highest BCUT2D eigenvalue weighted by Gasteiger charge is 2.56. The quantitative estimate of drug-likeness (QED) is 0.514. The topological polar surface area (TPSA) is 74.2 Å². The molecular formula is C7H11BO6P+. The van der Waals surface area contributed by atoms with Gasteiger partial charge in [0, 0.05) is 13.1 Å². The molecular weight excluding hydrogens is 222 g/mol. The molecule has 0 aromatic heterocycles. The normalized spacial score (nSPS) is 45.5. The smallest absolute Gasteiger partial charge is 0.382 e. The Kier molecular flexibility index (Phi) is 3.40. The summed E-state index contributed by atoms with van der Waals surface area (Å²) in [5, 5.41) is 0. The molecule has 0 saturated carbocycles. The second-order valence-corrected chi connectivity index (χ2v) is 4.43. The fourth-order valence-corrected chi connectivity index (χ4v) is 2.27. The Hall–Kier alpha value is -0.0351. The molecule has 82 valence electrons. The highest BCUT2D eigenvalue weighted by molar-refractivity contribution is 7.38. The molecule has 2 heterocycles. The van der Waals surface area contributed by atoms with Crippen molar-refractivity contribution in [3.63, 3.8) is 0 Å². The number of fused-ring (bicyclic) bond motifs is 1. The molecule has 0 aromatic rings. The van der Waals surface area contributed by atoms with Gasteiger partial charge >= 0.3 is 14.1 Å². The van der Waals surface area contributed by atoms with Gasteiger partial charge < -0.3 is 18.9 Å². The van der Waals surface area contributed by atoms with E-state index < -0.39 is 32.3 Å². The van der Waals surface area contributed by atoms with Gasteiger partial charge in [0.15, 0.2) is 0 Å². The molecule has 6 atom stereocenters. The van der Waals surface area contributed by atoms with Gasteiger partial charge in [0.25, 0.3) is 0 Å². The highest BCUT2D eigenvalue weighted by Crippen LogP contribution is 2.40. The van der Waals surface area contributed by atoms with Gasteiger partial charge in [-0.3, -0.25) is 0 Å². The summed E-state index contributed by atoms with van der Waals surface area (Å²) in [6.07, 6.45) is -1.28. The Labute approximate surface area is 89.1 Å². The first-order chi connectivity index (χ1) is 7.13. The molecule has 0 amide bonds. The summed E-state index contributed by atoms with van der Waals surface area (Å²) in [6.45, 7) is 0.313. The van der Waals surface area contributed by atoms with Crippen molar-refractivity contribution in [3.8, 4) is 0 Å². The summed E-state index contributed by atoms with van der Waals surface area (Å²) in [7, 11) is 4.65. The molecule has 3 unspecified atom stereocenters. The average molecular weight is 233 g/mol. The lowest BCUT2D eigenvalue weighted by Gasteiger charge is -2.14. The number of hydrogen-bond acceptors (Lipinski definition) is 5. The third-order valence-corrected chi connectivity index (χ3v) is 3.01. The van der Waals surface area contributed by atoms with E-state index in [4.69, 9.17) is 31.7 Å². The zero-order valence-corrected chi connectivity index (χ0v) is 9.00. The summed E-state index contributed by atoms with van der Waals surface area (Å²) < 4.78 is 31.5. The first-order valence-electron chi connectivity index (χ1n) is 4.49. The van der Waals surface area contributed by atoms with E-state index in [1.54, 1.807) is 0 Å². The fourth-order valence-electron chi connectivity index (χ4n) is 1.78. The van der Waals surface area contributed by atoms with Crippen molar-refractivity contribution in [2.75, 3.05) is 13.7 Å². The van der Waals surface area contributed by atoms with Crippen LogP contribution < -0.4 is 0 Å². The minimum absolute atomic E-state index is 0.313. The van der Waals surface area contributed by atoms with E-state index in [9.17, 15) is 4.57 Å². The Bertz CT molecular complexity index is 264. The molecule has 2 saturated heterocycles. The minimum Gasteiger partial charge on any atom is -0.382 e. The lowest BCUT2D eigenvalue weighted by atomic mass is 9.93. The maximum atomic E-state index is 10.8. The Morgan fingerprint density at radius 1 is 1.40 bits per heavy atom. The average Bonchev–Trinajstić information content (AvgIpc) is 2.70. The molecule has 0 spiro atoms. The first kappa shape index (κ1) is 11.5. The summed E-state index contributed by atoms with van der Waals surface area (Å²) in [4.78, 5) is 8.86. The number of hydrogen-bond donors (Lipinski definition) is 1. The SMILES string of the molecule is [B][C@@H]1O[C@H](COC)C2OC([P+](=O)O)O[C@@H]21. The third kappa shape index (κ3) is 2.09. The predicted octanol–water partition coefficient (Wildman–Crippen LogP) is -0.672. The predicted molar refractivity (Wildman–Crippen MR) is 49.7 cm³/mol. The molecule has 0 aliphatic carbocycles. The maximum absolute atomic E-state index is 10.8. The summed E-state index contributed by atoms with van der Waals surface area (Å²) in [5.74, 6) is 0. The molecule has 2 radical (unpaired) electrons. The molecule has 2 aliphatic rings. The Morgan fingerprint density at radius 2 is 2.07 bits per heavy atom. The molecule has 2 rings (SSSR count). The van der Waals surface area contributed by atoms with Crippen molar-refractivity contribution < 1.29 is 28.4 Å². The van der Waals surface area contributed by atoms with Crippen molar-refractivity contribution in [2.24, 2.45) is 0 Å². The van der Waals surface area contributed by atoms with E-state index in [0.717, 1.165) is 0 Å². The van der Waals surface area contributed by atoms with Crippen LogP contribution in [0.2, 0.25) is 0 Å². The summed E-state index contributed by atoms with van der Waals surface area (Å²) in [6, 6.07) is -1.75. The van der Waals surface area contributed by atoms with E-state index in [1.165, 1.54) is 7.11 Å². The van der Waals surface area contributed by atoms with E-state index in [1.807, 2.05) is 0 Å². The van der Waals surface area contributed by atoms with Gasteiger partial charge in [-0.2, -0.15) is 4.89 Å². The molecule has 6 nitrogen and oxygen atoms in total. The molecule has 2 aliphatic heterocycles. The lowest BCUT2D eigenvalue weighted by Crippen LogP contribution is -2.31. The van der Waals surface area contributed by atoms with Crippen LogP contribution in [-0.2, 0) is 23.5 Å². The standard InChI is InChI=1S/C7H10BO6P/c1-11-2-3-4-5(6(8)12-3)14-7(13-4)15(9)10/h3-7H,2H2,1H3/p+1/t3-,4?,5+,6-,7?/m1/s1. The second kappa shape index (κ2) is 4.45. The summed E-state index contributed by atoms with van der Waals surface area (Å²) in [5.41, 5.74) is 0. The summed E-state index contributed by atoms with van der Waals surface area (Å²) >= 11 is 0. The lowest BCUT2D eigenvalue weighted by molar-refractivity contribution is -0.0916. The first-order valence-corrected chi connectivity index (χ1v) is 5.78. The number of ether oxygens (including phenoxy) is 4. The van der Waals surface area contributed by atoms with Crippen molar-refractivity contribution >= 4 is 15.9 Å². The van der Waals surface area contributed by atoms with Crippen LogP contribution in [0.3, 0.4) is 0 Å². The third-order valence-electron chi connectivity index (χ3n) is 2.40. The van der Waals surface area contributed by atoms with Crippen molar-refractivity contribution in [3.05, 3.63) is 0 Å². The minimum atomic E-state index is -2.52.